The van der Waals surface area contributed by atoms with Crippen molar-refractivity contribution in [3.05, 3.63) is 5.82 Å². The standard InChI is InChI=1S/C9H16N4O2/c1-5(2)7(9(14)15)13-8(6(3)4)10-11-12-13/h5-7H,1-4H3,(H,14,15). The van der Waals surface area contributed by atoms with E-state index in [1.165, 1.54) is 4.68 Å². The minimum Gasteiger partial charge on any atom is -0.480 e. The van der Waals surface area contributed by atoms with Gasteiger partial charge in [0.25, 0.3) is 0 Å². The summed E-state index contributed by atoms with van der Waals surface area (Å²) < 4.78 is 1.40. The molecule has 1 heterocycles. The van der Waals surface area contributed by atoms with Crippen molar-refractivity contribution >= 4 is 5.97 Å². The zero-order valence-corrected chi connectivity index (χ0v) is 9.38. The molecule has 0 aliphatic rings. The third kappa shape index (κ3) is 2.31. The summed E-state index contributed by atoms with van der Waals surface area (Å²) in [4.78, 5) is 11.1. The summed E-state index contributed by atoms with van der Waals surface area (Å²) in [5.74, 6) is -0.237. The van der Waals surface area contributed by atoms with Gasteiger partial charge in [-0.2, -0.15) is 0 Å². The van der Waals surface area contributed by atoms with Crippen LogP contribution in [0.5, 0.6) is 0 Å². The smallest absolute Gasteiger partial charge is 0.328 e. The Morgan fingerprint density at radius 1 is 1.33 bits per heavy atom. The fourth-order valence-corrected chi connectivity index (χ4v) is 1.45. The van der Waals surface area contributed by atoms with Gasteiger partial charge in [0.2, 0.25) is 0 Å². The monoisotopic (exact) mass is 212 g/mol. The number of hydrogen-bond donors (Lipinski definition) is 1. The van der Waals surface area contributed by atoms with Gasteiger partial charge in [-0.05, 0) is 16.3 Å². The second kappa shape index (κ2) is 4.37. The summed E-state index contributed by atoms with van der Waals surface area (Å²) in [5.41, 5.74) is 0. The summed E-state index contributed by atoms with van der Waals surface area (Å²) >= 11 is 0. The number of aliphatic carboxylic acids is 1. The minimum atomic E-state index is -0.904. The van der Waals surface area contributed by atoms with E-state index in [-0.39, 0.29) is 11.8 Å². The fraction of sp³-hybridized carbons (Fsp3) is 0.778. The lowest BCUT2D eigenvalue weighted by Crippen LogP contribution is -2.27. The van der Waals surface area contributed by atoms with Crippen molar-refractivity contribution < 1.29 is 9.90 Å². The molecule has 6 nitrogen and oxygen atoms in total. The second-order valence-electron chi connectivity index (χ2n) is 4.16. The minimum absolute atomic E-state index is 0.0523. The molecule has 0 bridgehead atoms. The maximum atomic E-state index is 11.1. The summed E-state index contributed by atoms with van der Waals surface area (Å²) in [6.45, 7) is 7.54. The molecule has 0 amide bonds. The highest BCUT2D eigenvalue weighted by Crippen LogP contribution is 2.21. The van der Waals surface area contributed by atoms with E-state index in [2.05, 4.69) is 15.5 Å². The predicted molar refractivity (Wildman–Crippen MR) is 53.4 cm³/mol. The van der Waals surface area contributed by atoms with Crippen LogP contribution in [-0.4, -0.2) is 31.3 Å². The van der Waals surface area contributed by atoms with Crippen LogP contribution in [-0.2, 0) is 4.79 Å². The Morgan fingerprint density at radius 3 is 2.33 bits per heavy atom. The third-order valence-corrected chi connectivity index (χ3v) is 2.18. The highest BCUT2D eigenvalue weighted by atomic mass is 16.4. The van der Waals surface area contributed by atoms with Crippen LogP contribution < -0.4 is 0 Å². The first-order valence-corrected chi connectivity index (χ1v) is 4.95. The predicted octanol–water partition coefficient (Wildman–Crippen LogP) is 1.08. The lowest BCUT2D eigenvalue weighted by molar-refractivity contribution is -0.142. The van der Waals surface area contributed by atoms with Crippen LogP contribution in [0.2, 0.25) is 0 Å². The van der Waals surface area contributed by atoms with E-state index in [1.807, 2.05) is 27.7 Å². The zero-order valence-electron chi connectivity index (χ0n) is 9.38. The van der Waals surface area contributed by atoms with E-state index >= 15 is 0 Å². The van der Waals surface area contributed by atoms with E-state index in [0.29, 0.717) is 5.82 Å². The zero-order chi connectivity index (χ0) is 11.6. The second-order valence-corrected chi connectivity index (χ2v) is 4.16. The van der Waals surface area contributed by atoms with Crippen molar-refractivity contribution in [2.24, 2.45) is 5.92 Å². The molecule has 84 valence electrons. The Kier molecular flexibility index (Phi) is 3.39. The van der Waals surface area contributed by atoms with E-state index in [9.17, 15) is 4.79 Å². The van der Waals surface area contributed by atoms with Gasteiger partial charge in [0.15, 0.2) is 11.9 Å². The molecule has 0 fully saturated rings. The number of nitrogens with zero attached hydrogens (tertiary/aromatic N) is 4. The number of carboxylic acids is 1. The highest BCUT2D eigenvalue weighted by Gasteiger charge is 2.28. The molecule has 0 radical (unpaired) electrons. The molecule has 1 atom stereocenters. The quantitative estimate of drug-likeness (QED) is 0.807. The SMILES string of the molecule is CC(C)c1nnnn1C(C(=O)O)C(C)C. The Bertz CT molecular complexity index is 346. The Morgan fingerprint density at radius 2 is 1.93 bits per heavy atom. The molecule has 1 aromatic rings. The summed E-state index contributed by atoms with van der Waals surface area (Å²) in [7, 11) is 0. The number of tetrazole rings is 1. The van der Waals surface area contributed by atoms with Gasteiger partial charge in [0.05, 0.1) is 0 Å². The number of carbonyl (C=O) groups is 1. The van der Waals surface area contributed by atoms with E-state index in [1.54, 1.807) is 0 Å². The molecular formula is C9H16N4O2. The van der Waals surface area contributed by atoms with Crippen molar-refractivity contribution in [1.82, 2.24) is 20.2 Å². The molecule has 0 aliphatic carbocycles. The summed E-state index contributed by atoms with van der Waals surface area (Å²) in [5, 5.41) is 20.2. The molecule has 0 spiro atoms. The molecule has 1 rings (SSSR count). The molecule has 1 unspecified atom stereocenters. The van der Waals surface area contributed by atoms with Crippen molar-refractivity contribution in [2.45, 2.75) is 39.7 Å². The summed E-state index contributed by atoms with van der Waals surface area (Å²) in [6.07, 6.45) is 0. The van der Waals surface area contributed by atoms with E-state index in [4.69, 9.17) is 5.11 Å². The number of aromatic nitrogens is 4. The normalized spacial score (nSPS) is 13.5. The van der Waals surface area contributed by atoms with Gasteiger partial charge in [-0.15, -0.1) is 5.10 Å². The molecule has 15 heavy (non-hydrogen) atoms. The number of carboxylic acid groups (broad SMARTS) is 1. The average Bonchev–Trinajstić information content (AvgIpc) is 2.51. The Balaban J connectivity index is 3.11. The highest BCUT2D eigenvalue weighted by molar-refractivity contribution is 5.72. The maximum absolute atomic E-state index is 11.1. The largest absolute Gasteiger partial charge is 0.480 e. The Labute approximate surface area is 88.3 Å². The molecule has 6 heteroatoms. The first kappa shape index (κ1) is 11.6. The fourth-order valence-electron chi connectivity index (χ4n) is 1.45. The van der Waals surface area contributed by atoms with Crippen LogP contribution in [0.1, 0.15) is 45.5 Å². The van der Waals surface area contributed by atoms with Crippen molar-refractivity contribution in [3.8, 4) is 0 Å². The van der Waals surface area contributed by atoms with E-state index in [0.717, 1.165) is 0 Å². The number of rotatable bonds is 4. The van der Waals surface area contributed by atoms with Gasteiger partial charge >= 0.3 is 5.97 Å². The van der Waals surface area contributed by atoms with Crippen LogP contribution in [0.4, 0.5) is 0 Å². The average molecular weight is 212 g/mol. The van der Waals surface area contributed by atoms with Crippen molar-refractivity contribution in [3.63, 3.8) is 0 Å². The molecular weight excluding hydrogens is 196 g/mol. The first-order valence-electron chi connectivity index (χ1n) is 4.95. The van der Waals surface area contributed by atoms with Gasteiger partial charge in [0.1, 0.15) is 0 Å². The lowest BCUT2D eigenvalue weighted by Gasteiger charge is -2.18. The first-order chi connectivity index (χ1) is 6.95. The third-order valence-electron chi connectivity index (χ3n) is 2.18. The van der Waals surface area contributed by atoms with E-state index < -0.39 is 12.0 Å². The maximum Gasteiger partial charge on any atom is 0.328 e. The molecule has 0 saturated heterocycles. The van der Waals surface area contributed by atoms with Gasteiger partial charge in [-0.3, -0.25) is 0 Å². The van der Waals surface area contributed by atoms with Crippen LogP contribution >= 0.6 is 0 Å². The molecule has 0 saturated carbocycles. The van der Waals surface area contributed by atoms with Gasteiger partial charge in [-0.25, -0.2) is 9.48 Å². The summed E-state index contributed by atoms with van der Waals surface area (Å²) in [6, 6.07) is -0.697. The molecule has 1 aromatic heterocycles. The lowest BCUT2D eigenvalue weighted by atomic mass is 10.0. The molecule has 0 aromatic carbocycles. The molecule has 1 N–H and O–H groups in total. The van der Waals surface area contributed by atoms with Crippen LogP contribution in [0.25, 0.3) is 0 Å². The van der Waals surface area contributed by atoms with Crippen LogP contribution in [0, 0.1) is 5.92 Å². The molecule has 0 aliphatic heterocycles. The van der Waals surface area contributed by atoms with Crippen molar-refractivity contribution in [2.75, 3.05) is 0 Å². The van der Waals surface area contributed by atoms with Crippen LogP contribution in [0.15, 0.2) is 0 Å². The number of hydrogen-bond acceptors (Lipinski definition) is 4. The van der Waals surface area contributed by atoms with Crippen LogP contribution in [0.3, 0.4) is 0 Å². The topological polar surface area (TPSA) is 80.9 Å². The van der Waals surface area contributed by atoms with Gasteiger partial charge in [-0.1, -0.05) is 27.7 Å². The Hall–Kier alpha value is -1.46. The van der Waals surface area contributed by atoms with Crippen molar-refractivity contribution in [1.29, 1.82) is 0 Å². The van der Waals surface area contributed by atoms with Gasteiger partial charge in [0, 0.05) is 5.92 Å². The van der Waals surface area contributed by atoms with Gasteiger partial charge < -0.3 is 5.11 Å².